The van der Waals surface area contributed by atoms with Crippen LogP contribution in [0.15, 0.2) is 53.6 Å². The van der Waals surface area contributed by atoms with Crippen molar-refractivity contribution in [3.8, 4) is 0 Å². The molecule has 2 heterocycles. The van der Waals surface area contributed by atoms with Gasteiger partial charge in [-0.2, -0.15) is 0 Å². The van der Waals surface area contributed by atoms with Crippen molar-refractivity contribution in [3.05, 3.63) is 53.5 Å². The average molecular weight is 411 g/mol. The predicted molar refractivity (Wildman–Crippen MR) is 116 cm³/mol. The van der Waals surface area contributed by atoms with Crippen LogP contribution in [0.4, 0.5) is 11.6 Å². The molecule has 1 amide bonds. The molecule has 4 aromatic rings. The molecule has 0 aliphatic heterocycles. The molecule has 4 rings (SSSR count). The molecule has 0 radical (unpaired) electrons. The molecule has 28 heavy (non-hydrogen) atoms. The first-order valence-electron chi connectivity index (χ1n) is 8.59. The quantitative estimate of drug-likeness (QED) is 0.360. The third-order valence-electron chi connectivity index (χ3n) is 4.13. The Balaban J connectivity index is 1.71. The van der Waals surface area contributed by atoms with Crippen molar-refractivity contribution >= 4 is 61.8 Å². The Bertz CT molecular complexity index is 1160. The Morgan fingerprint density at radius 3 is 2.93 bits per heavy atom. The fourth-order valence-electron chi connectivity index (χ4n) is 2.83. The van der Waals surface area contributed by atoms with Gasteiger partial charge in [-0.05, 0) is 48.3 Å². The van der Waals surface area contributed by atoms with Crippen LogP contribution < -0.4 is 21.5 Å². The van der Waals surface area contributed by atoms with Gasteiger partial charge in [0.1, 0.15) is 0 Å². The van der Waals surface area contributed by atoms with Gasteiger partial charge >= 0.3 is 0 Å². The summed E-state index contributed by atoms with van der Waals surface area (Å²) in [4.78, 5) is 22.9. The summed E-state index contributed by atoms with van der Waals surface area (Å²) in [5.74, 6) is 0.364. The Labute approximate surface area is 169 Å². The number of thiophene rings is 1. The first-order valence-corrected chi connectivity index (χ1v) is 10.3. The number of rotatable bonds is 6. The van der Waals surface area contributed by atoms with Crippen LogP contribution in [0.5, 0.6) is 0 Å². The Morgan fingerprint density at radius 1 is 1.21 bits per heavy atom. The van der Waals surface area contributed by atoms with Gasteiger partial charge in [-0.25, -0.2) is 9.97 Å². The summed E-state index contributed by atoms with van der Waals surface area (Å²) in [6.45, 7) is 0.857. The molecule has 0 aliphatic carbocycles. The highest BCUT2D eigenvalue weighted by atomic mass is 32.2. The maximum Gasteiger partial charge on any atom is 0.261 e. The SMILES string of the molecule is NCCNC(=O)c1cc2c(ccc3cnc(Nc4cccc(SN)c4)nc32)s1. The number of hydrogen-bond acceptors (Lipinski definition) is 8. The van der Waals surface area contributed by atoms with E-state index in [9.17, 15) is 4.79 Å². The Kier molecular flexibility index (Phi) is 5.40. The van der Waals surface area contributed by atoms with Gasteiger partial charge < -0.3 is 16.4 Å². The second-order valence-electron chi connectivity index (χ2n) is 6.03. The predicted octanol–water partition coefficient (Wildman–Crippen LogP) is 3.24. The maximum absolute atomic E-state index is 12.3. The summed E-state index contributed by atoms with van der Waals surface area (Å²) >= 11 is 2.62. The van der Waals surface area contributed by atoms with E-state index < -0.39 is 0 Å². The standard InChI is InChI=1S/C19H18N6OS2/c20-6-7-22-18(26)16-9-14-15(27-16)5-4-11-10-23-19(25-17(11)14)24-12-2-1-3-13(8-12)28-21/h1-5,8-10H,6-7,20-21H2,(H,22,26)(H,23,24,25). The first-order chi connectivity index (χ1) is 13.7. The van der Waals surface area contributed by atoms with Gasteiger partial charge in [-0.15, -0.1) is 11.3 Å². The molecule has 142 valence electrons. The molecule has 0 fully saturated rings. The van der Waals surface area contributed by atoms with Crippen LogP contribution in [0.1, 0.15) is 9.67 Å². The molecule has 0 spiro atoms. The largest absolute Gasteiger partial charge is 0.350 e. The van der Waals surface area contributed by atoms with Gasteiger partial charge in [0.2, 0.25) is 5.95 Å². The summed E-state index contributed by atoms with van der Waals surface area (Å²) in [5.41, 5.74) is 7.11. The first kappa shape index (κ1) is 18.6. The maximum atomic E-state index is 12.3. The third-order valence-corrected chi connectivity index (χ3v) is 5.75. The highest BCUT2D eigenvalue weighted by molar-refractivity contribution is 7.97. The molecular formula is C19H18N6OS2. The highest BCUT2D eigenvalue weighted by Gasteiger charge is 2.13. The molecule has 0 aliphatic rings. The number of carbonyl (C=O) groups is 1. The zero-order chi connectivity index (χ0) is 19.5. The van der Waals surface area contributed by atoms with Gasteiger partial charge in [-0.1, -0.05) is 6.07 Å². The fourth-order valence-corrected chi connectivity index (χ4v) is 4.16. The van der Waals surface area contributed by atoms with E-state index in [0.29, 0.717) is 23.9 Å². The average Bonchev–Trinajstić information content (AvgIpc) is 3.17. The number of amides is 1. The molecule has 2 aromatic carbocycles. The number of fused-ring (bicyclic) bond motifs is 3. The van der Waals surface area contributed by atoms with Gasteiger partial charge in [-0.3, -0.25) is 9.93 Å². The molecule has 7 nitrogen and oxygen atoms in total. The van der Waals surface area contributed by atoms with Gasteiger partial charge in [0.15, 0.2) is 0 Å². The molecule has 2 aromatic heterocycles. The summed E-state index contributed by atoms with van der Waals surface area (Å²) in [5, 5.41) is 13.5. The third kappa shape index (κ3) is 3.78. The minimum Gasteiger partial charge on any atom is -0.350 e. The fraction of sp³-hybridized carbons (Fsp3) is 0.105. The number of anilines is 2. The number of nitrogens with one attached hydrogen (secondary N) is 2. The molecule has 0 unspecified atom stereocenters. The second kappa shape index (κ2) is 8.11. The van der Waals surface area contributed by atoms with Crippen LogP contribution in [0.2, 0.25) is 0 Å². The lowest BCUT2D eigenvalue weighted by atomic mass is 10.2. The number of benzene rings is 2. The van der Waals surface area contributed by atoms with Crippen LogP contribution in [0, 0.1) is 0 Å². The monoisotopic (exact) mass is 410 g/mol. The minimum atomic E-state index is -0.122. The summed E-state index contributed by atoms with van der Waals surface area (Å²) in [6.07, 6.45) is 1.78. The van der Waals surface area contributed by atoms with Crippen LogP contribution in [-0.2, 0) is 0 Å². The number of nitrogens with zero attached hydrogens (tertiary/aromatic N) is 2. The number of carbonyl (C=O) groups excluding carboxylic acids is 1. The summed E-state index contributed by atoms with van der Waals surface area (Å²) < 4.78 is 0.997. The van der Waals surface area contributed by atoms with Crippen molar-refractivity contribution < 1.29 is 4.79 Å². The summed E-state index contributed by atoms with van der Waals surface area (Å²) in [7, 11) is 0. The zero-order valence-electron chi connectivity index (χ0n) is 14.8. The smallest absolute Gasteiger partial charge is 0.261 e. The van der Waals surface area contributed by atoms with E-state index >= 15 is 0 Å². The highest BCUT2D eigenvalue weighted by Crippen LogP contribution is 2.31. The van der Waals surface area contributed by atoms with Crippen LogP contribution in [0.25, 0.3) is 21.0 Å². The van der Waals surface area contributed by atoms with Crippen molar-refractivity contribution in [2.24, 2.45) is 10.9 Å². The van der Waals surface area contributed by atoms with E-state index in [0.717, 1.165) is 31.6 Å². The van der Waals surface area contributed by atoms with E-state index in [-0.39, 0.29) is 5.91 Å². The lowest BCUT2D eigenvalue weighted by molar-refractivity contribution is 0.0959. The molecule has 0 saturated heterocycles. The van der Waals surface area contributed by atoms with E-state index in [4.69, 9.17) is 10.9 Å². The van der Waals surface area contributed by atoms with Crippen molar-refractivity contribution in [3.63, 3.8) is 0 Å². The number of hydrogen-bond donors (Lipinski definition) is 4. The van der Waals surface area contributed by atoms with E-state index in [1.165, 1.54) is 23.3 Å². The molecule has 0 saturated carbocycles. The van der Waals surface area contributed by atoms with Crippen LogP contribution in [-0.4, -0.2) is 29.0 Å². The summed E-state index contributed by atoms with van der Waals surface area (Å²) in [6, 6.07) is 13.5. The van der Waals surface area contributed by atoms with Crippen LogP contribution in [0.3, 0.4) is 0 Å². The van der Waals surface area contributed by atoms with Crippen molar-refractivity contribution in [1.29, 1.82) is 0 Å². The Morgan fingerprint density at radius 2 is 2.11 bits per heavy atom. The van der Waals surface area contributed by atoms with E-state index in [1.54, 1.807) is 6.20 Å². The number of aromatic nitrogens is 2. The zero-order valence-corrected chi connectivity index (χ0v) is 16.4. The van der Waals surface area contributed by atoms with Gasteiger partial charge in [0.05, 0.1) is 10.4 Å². The molecule has 6 N–H and O–H groups in total. The van der Waals surface area contributed by atoms with E-state index in [1.807, 2.05) is 42.5 Å². The lowest BCUT2D eigenvalue weighted by Crippen LogP contribution is -2.28. The van der Waals surface area contributed by atoms with Crippen LogP contribution >= 0.6 is 23.3 Å². The topological polar surface area (TPSA) is 119 Å². The molecule has 9 heteroatoms. The van der Waals surface area contributed by atoms with Crippen molar-refractivity contribution in [2.75, 3.05) is 18.4 Å². The molecule has 0 atom stereocenters. The normalized spacial score (nSPS) is 11.1. The second-order valence-corrected chi connectivity index (χ2v) is 7.83. The van der Waals surface area contributed by atoms with E-state index in [2.05, 4.69) is 20.6 Å². The minimum absolute atomic E-state index is 0.122. The van der Waals surface area contributed by atoms with Crippen molar-refractivity contribution in [2.45, 2.75) is 4.90 Å². The van der Waals surface area contributed by atoms with Gasteiger partial charge in [0, 0.05) is 45.3 Å². The molecule has 0 bridgehead atoms. The Hall–Kier alpha value is -2.72. The molecular weight excluding hydrogens is 392 g/mol. The van der Waals surface area contributed by atoms with Gasteiger partial charge in [0.25, 0.3) is 5.91 Å². The lowest BCUT2D eigenvalue weighted by Gasteiger charge is -2.07. The van der Waals surface area contributed by atoms with Crippen molar-refractivity contribution in [1.82, 2.24) is 15.3 Å². The number of nitrogens with two attached hydrogens (primary N) is 2.